The van der Waals surface area contributed by atoms with Gasteiger partial charge in [-0.2, -0.15) is 0 Å². The number of hydrogen-bond acceptors (Lipinski definition) is 5. The molecule has 0 aliphatic heterocycles. The number of nitrogens with one attached hydrogen (secondary N) is 2. The summed E-state index contributed by atoms with van der Waals surface area (Å²) in [7, 11) is 3.39. The highest BCUT2D eigenvalue weighted by Gasteiger charge is 2.04. The van der Waals surface area contributed by atoms with Crippen LogP contribution < -0.4 is 10.6 Å². The van der Waals surface area contributed by atoms with Gasteiger partial charge < -0.3 is 15.4 Å². The maximum atomic E-state index is 13.5. The molecule has 5 nitrogen and oxygen atoms in total. The first-order valence-electron chi connectivity index (χ1n) is 6.75. The van der Waals surface area contributed by atoms with E-state index in [0.717, 1.165) is 0 Å². The highest BCUT2D eigenvalue weighted by atomic mass is 19.1. The van der Waals surface area contributed by atoms with Crippen molar-refractivity contribution >= 4 is 11.6 Å². The van der Waals surface area contributed by atoms with Gasteiger partial charge in [0.05, 0.1) is 0 Å². The van der Waals surface area contributed by atoms with E-state index in [2.05, 4.69) is 20.6 Å². The lowest BCUT2D eigenvalue weighted by Crippen LogP contribution is -2.10. The number of nitrogens with zero attached hydrogens (tertiary/aromatic N) is 2. The fraction of sp³-hybridized carbons (Fsp3) is 0.333. The van der Waals surface area contributed by atoms with Crippen LogP contribution in [0.3, 0.4) is 0 Å². The third kappa shape index (κ3) is 4.39. The predicted molar refractivity (Wildman–Crippen MR) is 80.9 cm³/mol. The number of aromatic nitrogens is 2. The Hall–Kier alpha value is -2.21. The molecule has 112 valence electrons. The van der Waals surface area contributed by atoms with Gasteiger partial charge in [-0.25, -0.2) is 14.4 Å². The molecule has 0 saturated heterocycles. The van der Waals surface area contributed by atoms with Gasteiger partial charge >= 0.3 is 0 Å². The first-order valence-corrected chi connectivity index (χ1v) is 6.75. The lowest BCUT2D eigenvalue weighted by atomic mass is 10.1. The van der Waals surface area contributed by atoms with E-state index < -0.39 is 0 Å². The Bertz CT molecular complexity index is 592. The van der Waals surface area contributed by atoms with Gasteiger partial charge in [-0.15, -0.1) is 0 Å². The van der Waals surface area contributed by atoms with Gasteiger partial charge in [0.15, 0.2) is 5.82 Å². The number of hydrogen-bond donors (Lipinski definition) is 2. The number of methoxy groups -OCH3 is 1. The molecule has 0 radical (unpaired) electrons. The highest BCUT2D eigenvalue weighted by molar-refractivity contribution is 5.47. The average Bonchev–Trinajstić information content (AvgIpc) is 2.49. The minimum Gasteiger partial charge on any atom is -0.377 e. The van der Waals surface area contributed by atoms with Crippen LogP contribution >= 0.6 is 0 Å². The van der Waals surface area contributed by atoms with E-state index in [1.807, 2.05) is 6.07 Å². The molecule has 0 unspecified atom stereocenters. The summed E-state index contributed by atoms with van der Waals surface area (Å²) in [5.41, 5.74) is 0.685. The normalized spacial score (nSPS) is 10.4. The van der Waals surface area contributed by atoms with E-state index >= 15 is 0 Å². The summed E-state index contributed by atoms with van der Waals surface area (Å²) in [4.78, 5) is 8.62. The van der Waals surface area contributed by atoms with E-state index in [9.17, 15) is 4.39 Å². The monoisotopic (exact) mass is 290 g/mol. The fourth-order valence-corrected chi connectivity index (χ4v) is 1.94. The van der Waals surface area contributed by atoms with Gasteiger partial charge in [-0.3, -0.25) is 0 Å². The van der Waals surface area contributed by atoms with Gasteiger partial charge in [-0.1, -0.05) is 18.2 Å². The van der Waals surface area contributed by atoms with Gasteiger partial charge in [0, 0.05) is 26.8 Å². The van der Waals surface area contributed by atoms with Crippen molar-refractivity contribution < 1.29 is 9.13 Å². The van der Waals surface area contributed by atoms with E-state index in [-0.39, 0.29) is 5.82 Å². The Kier molecular flexibility index (Phi) is 5.45. The molecule has 2 N–H and O–H groups in total. The van der Waals surface area contributed by atoms with Crippen LogP contribution in [0.25, 0.3) is 0 Å². The smallest absolute Gasteiger partial charge is 0.158 e. The molecule has 2 rings (SSSR count). The van der Waals surface area contributed by atoms with Gasteiger partial charge in [0.1, 0.15) is 24.1 Å². The zero-order valence-corrected chi connectivity index (χ0v) is 12.2. The zero-order valence-electron chi connectivity index (χ0n) is 12.2. The predicted octanol–water partition coefficient (Wildman–Crippen LogP) is 2.46. The molecule has 0 bridgehead atoms. The molecule has 0 aliphatic rings. The summed E-state index contributed by atoms with van der Waals surface area (Å²) in [6.07, 6.45) is 0.588. The van der Waals surface area contributed by atoms with Gasteiger partial charge in [-0.05, 0) is 18.1 Å². The molecule has 0 atom stereocenters. The van der Waals surface area contributed by atoms with Crippen LogP contribution in [-0.2, 0) is 17.8 Å². The number of benzene rings is 1. The van der Waals surface area contributed by atoms with Crippen molar-refractivity contribution in [3.05, 3.63) is 47.5 Å². The maximum absolute atomic E-state index is 13.5. The summed E-state index contributed by atoms with van der Waals surface area (Å²) in [6.45, 7) is 0.936. The molecule has 1 aromatic carbocycles. The molecule has 0 spiro atoms. The molecule has 6 heteroatoms. The minimum atomic E-state index is -0.182. The van der Waals surface area contributed by atoms with Crippen molar-refractivity contribution in [3.63, 3.8) is 0 Å². The van der Waals surface area contributed by atoms with Crippen molar-refractivity contribution in [2.45, 2.75) is 13.0 Å². The largest absolute Gasteiger partial charge is 0.377 e. The van der Waals surface area contributed by atoms with E-state index in [1.54, 1.807) is 32.4 Å². The summed E-state index contributed by atoms with van der Waals surface area (Å²) in [6, 6.07) is 8.58. The molecule has 21 heavy (non-hydrogen) atoms. The van der Waals surface area contributed by atoms with Crippen LogP contribution in [0.15, 0.2) is 30.3 Å². The zero-order chi connectivity index (χ0) is 15.1. The van der Waals surface area contributed by atoms with E-state index in [1.165, 1.54) is 6.07 Å². The van der Waals surface area contributed by atoms with E-state index in [4.69, 9.17) is 4.74 Å². The van der Waals surface area contributed by atoms with Crippen molar-refractivity contribution in [1.29, 1.82) is 0 Å². The van der Waals surface area contributed by atoms with Gasteiger partial charge in [0.25, 0.3) is 0 Å². The second-order valence-corrected chi connectivity index (χ2v) is 4.51. The number of rotatable bonds is 7. The Morgan fingerprint density at radius 1 is 1.19 bits per heavy atom. The Balaban J connectivity index is 1.99. The molecule has 1 heterocycles. The van der Waals surface area contributed by atoms with Crippen molar-refractivity contribution in [2.75, 3.05) is 31.3 Å². The van der Waals surface area contributed by atoms with Crippen LogP contribution in [-0.4, -0.2) is 30.7 Å². The standard InChI is InChI=1S/C15H19FN4O/c1-17-13-9-14(20-15(19-13)10-21-2)18-8-7-11-5-3-4-6-12(11)16/h3-6,9H,7-8,10H2,1-2H3,(H2,17,18,19,20). The van der Waals surface area contributed by atoms with E-state index in [0.29, 0.717) is 42.6 Å². The summed E-state index contributed by atoms with van der Waals surface area (Å²) < 4.78 is 18.6. The topological polar surface area (TPSA) is 59.1 Å². The van der Waals surface area contributed by atoms with Crippen LogP contribution in [0.1, 0.15) is 11.4 Å². The molecular weight excluding hydrogens is 271 g/mol. The second-order valence-electron chi connectivity index (χ2n) is 4.51. The minimum absolute atomic E-state index is 0.182. The molecule has 2 aromatic rings. The Morgan fingerprint density at radius 3 is 2.67 bits per heavy atom. The fourth-order valence-electron chi connectivity index (χ4n) is 1.94. The lowest BCUT2D eigenvalue weighted by Gasteiger charge is -2.10. The van der Waals surface area contributed by atoms with Crippen LogP contribution in [0.2, 0.25) is 0 Å². The molecular formula is C15H19FN4O. The number of anilines is 2. The quantitative estimate of drug-likeness (QED) is 0.820. The number of halogens is 1. The van der Waals surface area contributed by atoms with Crippen molar-refractivity contribution in [2.24, 2.45) is 0 Å². The van der Waals surface area contributed by atoms with Crippen LogP contribution in [0.5, 0.6) is 0 Å². The Morgan fingerprint density at radius 2 is 1.95 bits per heavy atom. The van der Waals surface area contributed by atoms with Crippen LogP contribution in [0, 0.1) is 5.82 Å². The van der Waals surface area contributed by atoms with Gasteiger partial charge in [0.2, 0.25) is 0 Å². The first-order chi connectivity index (χ1) is 10.2. The lowest BCUT2D eigenvalue weighted by molar-refractivity contribution is 0.178. The summed E-state index contributed by atoms with van der Waals surface area (Å²) >= 11 is 0. The molecule has 0 amide bonds. The number of ether oxygens (including phenoxy) is 1. The molecule has 1 aromatic heterocycles. The third-order valence-corrected chi connectivity index (χ3v) is 2.96. The highest BCUT2D eigenvalue weighted by Crippen LogP contribution is 2.12. The first kappa shape index (κ1) is 15.2. The maximum Gasteiger partial charge on any atom is 0.158 e. The summed E-state index contributed by atoms with van der Waals surface area (Å²) in [5, 5.41) is 6.16. The Labute approximate surface area is 123 Å². The molecule has 0 saturated carbocycles. The third-order valence-electron chi connectivity index (χ3n) is 2.96. The average molecular weight is 290 g/mol. The molecule has 0 aliphatic carbocycles. The molecule has 0 fully saturated rings. The second kappa shape index (κ2) is 7.54. The van der Waals surface area contributed by atoms with Crippen LogP contribution in [0.4, 0.5) is 16.0 Å². The SMILES string of the molecule is CNc1cc(NCCc2ccccc2F)nc(COC)n1. The summed E-state index contributed by atoms with van der Waals surface area (Å²) in [5.74, 6) is 1.82. The van der Waals surface area contributed by atoms with Crippen molar-refractivity contribution in [3.8, 4) is 0 Å². The van der Waals surface area contributed by atoms with Crippen molar-refractivity contribution in [1.82, 2.24) is 9.97 Å².